The second-order valence-corrected chi connectivity index (χ2v) is 4.63. The number of H-pyrrole nitrogens is 1. The Morgan fingerprint density at radius 3 is 2.76 bits per heavy atom. The number of carbonyl (C=O) groups is 1. The predicted molar refractivity (Wildman–Crippen MR) is 62.9 cm³/mol. The molecule has 0 unspecified atom stereocenters. The van der Waals surface area contributed by atoms with Crippen molar-refractivity contribution in [3.8, 4) is 0 Å². The summed E-state index contributed by atoms with van der Waals surface area (Å²) in [5, 5.41) is 9.82. The molecule has 0 atom stereocenters. The molecule has 0 bridgehead atoms. The number of aryl methyl sites for hydroxylation is 1. The van der Waals surface area contributed by atoms with Crippen LogP contribution >= 0.6 is 0 Å². The average Bonchev–Trinajstić information content (AvgIpc) is 2.24. The second kappa shape index (κ2) is 4.00. The van der Waals surface area contributed by atoms with E-state index in [1.807, 2.05) is 6.92 Å². The number of hydrogen-bond acceptors (Lipinski definition) is 3. The van der Waals surface area contributed by atoms with Gasteiger partial charge in [0.25, 0.3) is 5.91 Å². The van der Waals surface area contributed by atoms with Gasteiger partial charge >= 0.3 is 0 Å². The lowest BCUT2D eigenvalue weighted by molar-refractivity contribution is -0.0827. The fourth-order valence-corrected chi connectivity index (χ4v) is 1.94. The van der Waals surface area contributed by atoms with Crippen molar-refractivity contribution < 1.29 is 9.90 Å². The van der Waals surface area contributed by atoms with E-state index in [1.54, 1.807) is 6.92 Å². The Kier molecular flexibility index (Phi) is 2.79. The molecule has 1 fully saturated rings. The van der Waals surface area contributed by atoms with E-state index in [2.05, 4.69) is 4.98 Å². The second-order valence-electron chi connectivity index (χ2n) is 4.63. The molecule has 2 rings (SSSR count). The summed E-state index contributed by atoms with van der Waals surface area (Å²) in [6.07, 6.45) is 2.05. The van der Waals surface area contributed by atoms with Crippen LogP contribution in [0, 0.1) is 6.92 Å². The molecular formula is C12H16N2O3. The minimum absolute atomic E-state index is 0.133. The summed E-state index contributed by atoms with van der Waals surface area (Å²) in [7, 11) is 0. The van der Waals surface area contributed by atoms with Crippen molar-refractivity contribution in [2.75, 3.05) is 13.1 Å². The van der Waals surface area contributed by atoms with Crippen LogP contribution in [0.4, 0.5) is 0 Å². The van der Waals surface area contributed by atoms with E-state index in [4.69, 9.17) is 0 Å². The molecule has 0 aliphatic carbocycles. The summed E-state index contributed by atoms with van der Waals surface area (Å²) in [5.74, 6) is -0.315. The normalized spacial score (nSPS) is 17.7. The molecule has 1 aliphatic heterocycles. The monoisotopic (exact) mass is 236 g/mol. The molecule has 5 nitrogen and oxygen atoms in total. The SMILES string of the molecule is CCC1(O)CN(C(=O)c2c[nH]c(C)cc2=O)C1. The van der Waals surface area contributed by atoms with Crippen molar-refractivity contribution in [1.29, 1.82) is 0 Å². The Labute approximate surface area is 99.1 Å². The summed E-state index contributed by atoms with van der Waals surface area (Å²) in [6.45, 7) is 4.24. The first-order chi connectivity index (χ1) is 7.95. The van der Waals surface area contributed by atoms with E-state index in [0.717, 1.165) is 5.69 Å². The Morgan fingerprint density at radius 2 is 2.24 bits per heavy atom. The zero-order valence-corrected chi connectivity index (χ0v) is 9.99. The lowest BCUT2D eigenvalue weighted by Gasteiger charge is -2.45. The zero-order chi connectivity index (χ0) is 12.6. The average molecular weight is 236 g/mol. The van der Waals surface area contributed by atoms with Crippen LogP contribution in [-0.4, -0.2) is 39.6 Å². The third-order valence-corrected chi connectivity index (χ3v) is 3.20. The van der Waals surface area contributed by atoms with Crippen LogP contribution in [0.2, 0.25) is 0 Å². The highest BCUT2D eigenvalue weighted by Crippen LogP contribution is 2.24. The molecule has 1 aromatic heterocycles. The van der Waals surface area contributed by atoms with Gasteiger partial charge in [0.15, 0.2) is 5.43 Å². The number of amides is 1. The number of nitrogens with zero attached hydrogens (tertiary/aromatic N) is 1. The first-order valence-corrected chi connectivity index (χ1v) is 5.66. The number of nitrogens with one attached hydrogen (secondary N) is 1. The van der Waals surface area contributed by atoms with Crippen molar-refractivity contribution in [3.63, 3.8) is 0 Å². The van der Waals surface area contributed by atoms with Crippen LogP contribution in [-0.2, 0) is 0 Å². The van der Waals surface area contributed by atoms with E-state index in [1.165, 1.54) is 17.2 Å². The number of carbonyl (C=O) groups excluding carboxylic acids is 1. The number of likely N-dealkylation sites (tertiary alicyclic amines) is 1. The maximum absolute atomic E-state index is 12.0. The molecule has 1 amide bonds. The quantitative estimate of drug-likeness (QED) is 0.774. The third-order valence-electron chi connectivity index (χ3n) is 3.20. The largest absolute Gasteiger partial charge is 0.386 e. The number of aromatic nitrogens is 1. The van der Waals surface area contributed by atoms with Crippen molar-refractivity contribution in [3.05, 3.63) is 33.7 Å². The van der Waals surface area contributed by atoms with Crippen LogP contribution in [0.15, 0.2) is 17.1 Å². The van der Waals surface area contributed by atoms with Gasteiger partial charge in [-0.15, -0.1) is 0 Å². The van der Waals surface area contributed by atoms with E-state index >= 15 is 0 Å². The van der Waals surface area contributed by atoms with Gasteiger partial charge < -0.3 is 15.0 Å². The number of hydrogen-bond donors (Lipinski definition) is 2. The number of aromatic amines is 1. The maximum Gasteiger partial charge on any atom is 0.259 e. The lowest BCUT2D eigenvalue weighted by Crippen LogP contribution is -2.63. The molecule has 2 N–H and O–H groups in total. The molecule has 1 aliphatic rings. The Hall–Kier alpha value is -1.62. The van der Waals surface area contributed by atoms with Crippen molar-refractivity contribution in [2.45, 2.75) is 25.9 Å². The number of β-amino-alcohol motifs (C(OH)–C–C–N with tert-alkyl or cyclic N) is 1. The molecule has 1 aromatic rings. The van der Waals surface area contributed by atoms with Crippen molar-refractivity contribution in [1.82, 2.24) is 9.88 Å². The molecule has 0 aromatic carbocycles. The number of pyridine rings is 1. The number of rotatable bonds is 2. The first kappa shape index (κ1) is 11.9. The molecule has 0 spiro atoms. The maximum atomic E-state index is 12.0. The van der Waals surface area contributed by atoms with Crippen LogP contribution in [0.25, 0.3) is 0 Å². The van der Waals surface area contributed by atoms with Gasteiger partial charge in [0, 0.05) is 18.0 Å². The highest BCUT2D eigenvalue weighted by Gasteiger charge is 2.42. The van der Waals surface area contributed by atoms with E-state index in [-0.39, 0.29) is 16.9 Å². The van der Waals surface area contributed by atoms with Gasteiger partial charge in [-0.25, -0.2) is 0 Å². The first-order valence-electron chi connectivity index (χ1n) is 5.66. The Balaban J connectivity index is 2.15. The van der Waals surface area contributed by atoms with Gasteiger partial charge in [-0.05, 0) is 13.3 Å². The van der Waals surface area contributed by atoms with E-state index < -0.39 is 5.60 Å². The smallest absolute Gasteiger partial charge is 0.259 e. The lowest BCUT2D eigenvalue weighted by atomic mass is 9.91. The van der Waals surface area contributed by atoms with Gasteiger partial charge in [0.05, 0.1) is 18.7 Å². The van der Waals surface area contributed by atoms with Gasteiger partial charge in [-0.3, -0.25) is 9.59 Å². The van der Waals surface area contributed by atoms with Gasteiger partial charge in [-0.2, -0.15) is 0 Å². The number of aliphatic hydroxyl groups is 1. The van der Waals surface area contributed by atoms with Crippen LogP contribution in [0.3, 0.4) is 0 Å². The van der Waals surface area contributed by atoms with Crippen LogP contribution < -0.4 is 5.43 Å². The third kappa shape index (κ3) is 2.10. The molecular weight excluding hydrogens is 220 g/mol. The fraction of sp³-hybridized carbons (Fsp3) is 0.500. The van der Waals surface area contributed by atoms with Crippen LogP contribution in [0.1, 0.15) is 29.4 Å². The molecule has 1 saturated heterocycles. The molecule has 17 heavy (non-hydrogen) atoms. The minimum atomic E-state index is -0.771. The predicted octanol–water partition coefficient (Wildman–Crippen LogP) is 0.280. The van der Waals surface area contributed by atoms with Crippen molar-refractivity contribution in [2.24, 2.45) is 0 Å². The highest BCUT2D eigenvalue weighted by molar-refractivity contribution is 5.94. The van der Waals surface area contributed by atoms with Gasteiger partial charge in [0.1, 0.15) is 5.56 Å². The molecule has 5 heteroatoms. The standard InChI is InChI=1S/C12H16N2O3/c1-3-12(17)6-14(7-12)11(16)9-5-13-8(2)4-10(9)15/h4-5,17H,3,6-7H2,1-2H3,(H,13,15). The molecule has 0 radical (unpaired) electrons. The molecule has 0 saturated carbocycles. The summed E-state index contributed by atoms with van der Waals surface area (Å²) < 4.78 is 0. The van der Waals surface area contributed by atoms with Crippen LogP contribution in [0.5, 0.6) is 0 Å². The summed E-state index contributed by atoms with van der Waals surface area (Å²) in [5.41, 5.74) is -0.195. The molecule has 2 heterocycles. The minimum Gasteiger partial charge on any atom is -0.386 e. The van der Waals surface area contributed by atoms with Gasteiger partial charge in [0.2, 0.25) is 0 Å². The summed E-state index contributed by atoms with van der Waals surface area (Å²) in [4.78, 5) is 27.9. The molecule has 92 valence electrons. The van der Waals surface area contributed by atoms with E-state index in [0.29, 0.717) is 19.5 Å². The van der Waals surface area contributed by atoms with E-state index in [9.17, 15) is 14.7 Å². The highest BCUT2D eigenvalue weighted by atomic mass is 16.3. The topological polar surface area (TPSA) is 73.4 Å². The Bertz CT molecular complexity index is 501. The van der Waals surface area contributed by atoms with Gasteiger partial charge in [-0.1, -0.05) is 6.92 Å². The summed E-state index contributed by atoms with van der Waals surface area (Å²) >= 11 is 0. The fourth-order valence-electron chi connectivity index (χ4n) is 1.94. The zero-order valence-electron chi connectivity index (χ0n) is 9.99. The van der Waals surface area contributed by atoms with Crippen molar-refractivity contribution >= 4 is 5.91 Å². The summed E-state index contributed by atoms with van der Waals surface area (Å²) in [6, 6.07) is 1.40. The Morgan fingerprint density at radius 1 is 1.59 bits per heavy atom.